The molecular weight excluding hydrogens is 486 g/mol. The number of fused-ring (bicyclic) bond motifs is 1. The Morgan fingerprint density at radius 3 is 2.37 bits per heavy atom. The summed E-state index contributed by atoms with van der Waals surface area (Å²) in [5, 5.41) is 16.8. The summed E-state index contributed by atoms with van der Waals surface area (Å²) in [7, 11) is 0. The third-order valence-corrected chi connectivity index (χ3v) is 8.47. The van der Waals surface area contributed by atoms with E-state index in [1.54, 1.807) is 17.0 Å². The fraction of sp³-hybridized carbons (Fsp3) is 0.643. The van der Waals surface area contributed by atoms with Crippen LogP contribution in [-0.4, -0.2) is 101 Å². The molecule has 206 valence electrons. The molecule has 10 nitrogen and oxygen atoms in total. The Balaban J connectivity index is 1.27. The van der Waals surface area contributed by atoms with Crippen molar-refractivity contribution in [2.75, 3.05) is 44.2 Å². The monoisotopic (exact) mass is 525 g/mol. The third kappa shape index (κ3) is 5.03. The maximum Gasteiger partial charge on any atom is 0.255 e. The summed E-state index contributed by atoms with van der Waals surface area (Å²) < 4.78 is 0. The molecule has 10 heteroatoms. The van der Waals surface area contributed by atoms with E-state index in [9.17, 15) is 24.3 Å². The van der Waals surface area contributed by atoms with Gasteiger partial charge in [0.15, 0.2) is 5.78 Å². The number of rotatable bonds is 7. The van der Waals surface area contributed by atoms with Crippen LogP contribution in [0.15, 0.2) is 24.3 Å². The lowest BCUT2D eigenvalue weighted by Gasteiger charge is -2.39. The highest BCUT2D eigenvalue weighted by molar-refractivity contribution is 6.01. The van der Waals surface area contributed by atoms with E-state index in [1.807, 2.05) is 26.0 Å². The lowest BCUT2D eigenvalue weighted by molar-refractivity contribution is -0.161. The number of nitrogens with zero attached hydrogens (tertiary/aromatic N) is 3. The van der Waals surface area contributed by atoms with Crippen molar-refractivity contribution >= 4 is 29.2 Å². The summed E-state index contributed by atoms with van der Waals surface area (Å²) in [6, 6.07) is 5.52. The summed E-state index contributed by atoms with van der Waals surface area (Å²) in [5.41, 5.74) is 0.167. The molecule has 0 radical (unpaired) electrons. The van der Waals surface area contributed by atoms with Crippen molar-refractivity contribution < 1.29 is 24.3 Å². The summed E-state index contributed by atoms with van der Waals surface area (Å²) >= 11 is 0. The molecule has 1 aliphatic carbocycles. The van der Waals surface area contributed by atoms with Gasteiger partial charge in [-0.05, 0) is 62.3 Å². The minimum atomic E-state index is -1.37. The first-order valence-electron chi connectivity index (χ1n) is 13.9. The fourth-order valence-electron chi connectivity index (χ4n) is 6.21. The van der Waals surface area contributed by atoms with Crippen LogP contribution in [0.2, 0.25) is 0 Å². The number of ketones is 1. The molecule has 4 fully saturated rings. The van der Waals surface area contributed by atoms with Gasteiger partial charge in [0.25, 0.3) is 11.8 Å². The fourth-order valence-corrected chi connectivity index (χ4v) is 6.21. The molecule has 0 spiro atoms. The Morgan fingerprint density at radius 1 is 1.08 bits per heavy atom. The van der Waals surface area contributed by atoms with Gasteiger partial charge in [-0.15, -0.1) is 0 Å². The first-order valence-corrected chi connectivity index (χ1v) is 13.9. The first kappa shape index (κ1) is 26.6. The van der Waals surface area contributed by atoms with Crippen LogP contribution in [0.1, 0.15) is 56.3 Å². The van der Waals surface area contributed by atoms with Gasteiger partial charge in [0, 0.05) is 44.0 Å². The number of hydrogen-bond acceptors (Lipinski definition) is 7. The van der Waals surface area contributed by atoms with Gasteiger partial charge in [0.05, 0.1) is 12.6 Å². The zero-order valence-electron chi connectivity index (χ0n) is 22.3. The van der Waals surface area contributed by atoms with Gasteiger partial charge in [0.1, 0.15) is 17.7 Å². The van der Waals surface area contributed by atoms with Crippen LogP contribution in [0, 0.1) is 5.92 Å². The van der Waals surface area contributed by atoms with Crippen molar-refractivity contribution in [2.24, 2.45) is 5.92 Å². The number of Topliss-reactive ketones (excluding diaryl/α,β-unsaturated/α-hetero) is 1. The molecule has 1 aromatic carbocycles. The van der Waals surface area contributed by atoms with Crippen LogP contribution in [0.4, 0.5) is 5.69 Å². The molecule has 1 saturated carbocycles. The molecule has 3 atom stereocenters. The van der Waals surface area contributed by atoms with Crippen LogP contribution in [0.3, 0.4) is 0 Å². The molecule has 0 bridgehead atoms. The summed E-state index contributed by atoms with van der Waals surface area (Å²) in [6.45, 7) is 7.91. The van der Waals surface area contributed by atoms with E-state index in [0.29, 0.717) is 37.8 Å². The van der Waals surface area contributed by atoms with Crippen molar-refractivity contribution in [2.45, 2.75) is 69.7 Å². The number of carbonyl (C=O) groups is 4. The summed E-state index contributed by atoms with van der Waals surface area (Å²) in [4.78, 5) is 58.2. The topological polar surface area (TPSA) is 122 Å². The van der Waals surface area contributed by atoms with Gasteiger partial charge in [-0.2, -0.15) is 0 Å². The second kappa shape index (κ2) is 10.6. The Morgan fingerprint density at radius 2 is 1.76 bits per heavy atom. The predicted molar refractivity (Wildman–Crippen MR) is 142 cm³/mol. The largest absolute Gasteiger partial charge is 0.380 e. The van der Waals surface area contributed by atoms with Crippen molar-refractivity contribution in [3.05, 3.63) is 29.8 Å². The number of likely N-dealkylation sites (tertiary alicyclic amines) is 2. The molecule has 3 aliphatic heterocycles. The zero-order chi connectivity index (χ0) is 27.0. The van der Waals surface area contributed by atoms with Gasteiger partial charge < -0.3 is 30.4 Å². The van der Waals surface area contributed by atoms with Crippen LogP contribution in [0.5, 0.6) is 0 Å². The number of aliphatic hydroxyl groups is 1. The SMILES string of the molecule is CC(C)CC(NC(=O)c1ccc(N2CCNCC2)cc1)C(=O)N1CCC2C1C(=O)CN2C(=O)C1(O)CCC1. The molecule has 3 unspecified atom stereocenters. The van der Waals surface area contributed by atoms with E-state index in [4.69, 9.17) is 0 Å². The van der Waals surface area contributed by atoms with Gasteiger partial charge in [-0.25, -0.2) is 0 Å². The molecule has 3 heterocycles. The molecule has 4 aliphatic rings. The van der Waals surface area contributed by atoms with Gasteiger partial charge in [-0.1, -0.05) is 13.8 Å². The lowest BCUT2D eigenvalue weighted by atomic mass is 9.79. The maximum atomic E-state index is 13.7. The van der Waals surface area contributed by atoms with E-state index in [0.717, 1.165) is 38.3 Å². The highest BCUT2D eigenvalue weighted by Gasteiger charge is 2.56. The average molecular weight is 526 g/mol. The molecule has 38 heavy (non-hydrogen) atoms. The standard InChI is InChI=1S/C28H39N5O5/c1-18(2)16-21(30-25(35)19-4-6-20(7-5-19)31-14-11-29-12-15-31)26(36)32-13-8-22-24(32)23(34)17-33(22)27(37)28(38)9-3-10-28/h4-7,18,21-22,24,29,38H,3,8-17H2,1-2H3,(H,30,35). The average Bonchev–Trinajstić information content (AvgIpc) is 3.47. The number of anilines is 1. The van der Waals surface area contributed by atoms with Crippen molar-refractivity contribution in [1.82, 2.24) is 20.4 Å². The second-order valence-corrected chi connectivity index (χ2v) is 11.6. The Hall–Kier alpha value is -2.98. The van der Waals surface area contributed by atoms with Gasteiger partial charge in [0.2, 0.25) is 5.91 Å². The number of nitrogens with one attached hydrogen (secondary N) is 2. The van der Waals surface area contributed by atoms with Crippen molar-refractivity contribution in [3.8, 4) is 0 Å². The van der Waals surface area contributed by atoms with E-state index >= 15 is 0 Å². The van der Waals surface area contributed by atoms with Crippen molar-refractivity contribution in [1.29, 1.82) is 0 Å². The smallest absolute Gasteiger partial charge is 0.255 e. The Labute approximate surface area is 223 Å². The molecule has 3 N–H and O–H groups in total. The number of piperazine rings is 1. The highest BCUT2D eigenvalue weighted by Crippen LogP contribution is 2.38. The number of benzene rings is 1. The number of hydrogen-bond donors (Lipinski definition) is 3. The van der Waals surface area contributed by atoms with E-state index in [1.165, 1.54) is 4.90 Å². The van der Waals surface area contributed by atoms with Gasteiger partial charge in [-0.3, -0.25) is 19.2 Å². The van der Waals surface area contributed by atoms with Crippen molar-refractivity contribution in [3.63, 3.8) is 0 Å². The maximum absolute atomic E-state index is 13.7. The van der Waals surface area contributed by atoms with Crippen LogP contribution < -0.4 is 15.5 Å². The van der Waals surface area contributed by atoms with E-state index in [-0.39, 0.29) is 30.1 Å². The third-order valence-electron chi connectivity index (χ3n) is 8.47. The molecule has 3 saturated heterocycles. The van der Waals surface area contributed by atoms with E-state index < -0.39 is 29.6 Å². The Bertz CT molecular complexity index is 1080. The van der Waals surface area contributed by atoms with Crippen LogP contribution in [0.25, 0.3) is 0 Å². The van der Waals surface area contributed by atoms with Crippen LogP contribution in [-0.2, 0) is 14.4 Å². The lowest BCUT2D eigenvalue weighted by Crippen LogP contribution is -2.55. The second-order valence-electron chi connectivity index (χ2n) is 11.6. The van der Waals surface area contributed by atoms with Gasteiger partial charge >= 0.3 is 0 Å². The summed E-state index contributed by atoms with van der Waals surface area (Å²) in [6.07, 6.45) is 2.54. The minimum absolute atomic E-state index is 0.0824. The summed E-state index contributed by atoms with van der Waals surface area (Å²) in [5.74, 6) is -1.05. The van der Waals surface area contributed by atoms with E-state index in [2.05, 4.69) is 15.5 Å². The molecular formula is C28H39N5O5. The molecule has 0 aromatic heterocycles. The molecule has 3 amide bonds. The predicted octanol–water partition coefficient (Wildman–Crippen LogP) is 0.537. The normalized spacial score (nSPS) is 25.3. The molecule has 1 aromatic rings. The molecule has 5 rings (SSSR count). The highest BCUT2D eigenvalue weighted by atomic mass is 16.3. The quantitative estimate of drug-likeness (QED) is 0.475. The minimum Gasteiger partial charge on any atom is -0.380 e. The zero-order valence-corrected chi connectivity index (χ0v) is 22.3. The number of carbonyl (C=O) groups excluding carboxylic acids is 4. The first-order chi connectivity index (χ1) is 18.2. The number of amides is 3. The Kier molecular flexibility index (Phi) is 7.46. The van der Waals surface area contributed by atoms with Crippen LogP contribution >= 0.6 is 0 Å².